The molecular formula is C20H21NO5S. The molecule has 0 unspecified atom stereocenters. The van der Waals surface area contributed by atoms with Gasteiger partial charge in [-0.3, -0.25) is 4.79 Å². The first-order valence-electron chi connectivity index (χ1n) is 8.91. The van der Waals surface area contributed by atoms with Crippen molar-refractivity contribution in [1.82, 2.24) is 5.32 Å². The van der Waals surface area contributed by atoms with E-state index in [0.29, 0.717) is 19.8 Å². The summed E-state index contributed by atoms with van der Waals surface area (Å²) in [7, 11) is 0. The van der Waals surface area contributed by atoms with Crippen molar-refractivity contribution in [2.45, 2.75) is 30.0 Å². The Morgan fingerprint density at radius 2 is 1.70 bits per heavy atom. The van der Waals surface area contributed by atoms with Crippen LogP contribution in [-0.4, -0.2) is 31.2 Å². The highest BCUT2D eigenvalue weighted by Crippen LogP contribution is 2.35. The summed E-state index contributed by atoms with van der Waals surface area (Å²) >= 11 is 1.49. The number of carbonyl (C=O) groups excluding carboxylic acids is 1. The lowest BCUT2D eigenvalue weighted by Gasteiger charge is -2.14. The average Bonchev–Trinajstić information content (AvgIpc) is 3.02. The number of hydrogen-bond acceptors (Lipinski definition) is 6. The topological polar surface area (TPSA) is 66.0 Å². The van der Waals surface area contributed by atoms with E-state index in [1.165, 1.54) is 11.8 Å². The Morgan fingerprint density at radius 3 is 2.59 bits per heavy atom. The summed E-state index contributed by atoms with van der Waals surface area (Å²) in [6.45, 7) is 3.89. The Bertz CT molecular complexity index is 841. The van der Waals surface area contributed by atoms with E-state index in [4.69, 9.17) is 18.9 Å². The lowest BCUT2D eigenvalue weighted by atomic mass is 10.2. The molecule has 0 bridgehead atoms. The van der Waals surface area contributed by atoms with Crippen LogP contribution in [0.1, 0.15) is 18.9 Å². The maximum absolute atomic E-state index is 12.5. The molecule has 0 saturated carbocycles. The molecule has 7 heteroatoms. The monoisotopic (exact) mass is 387 g/mol. The third-order valence-corrected chi connectivity index (χ3v) is 5.40. The van der Waals surface area contributed by atoms with Crippen LogP contribution >= 0.6 is 11.8 Å². The molecule has 0 spiro atoms. The minimum Gasteiger partial charge on any atom is -0.490 e. The summed E-state index contributed by atoms with van der Waals surface area (Å²) in [5.41, 5.74) is 0.973. The van der Waals surface area contributed by atoms with Gasteiger partial charge in [0.05, 0.1) is 18.5 Å². The standard InChI is InChI=1S/C20H21NO5S/c1-13(27-15-4-6-16-19(10-15)24-8-2-7-23-16)20(22)21-11-14-3-5-17-18(9-14)26-12-25-17/h3-6,9-10,13H,2,7-8,11-12H2,1H3,(H,21,22)/t13-/m0/s1. The first-order chi connectivity index (χ1) is 13.2. The molecule has 2 heterocycles. The van der Waals surface area contributed by atoms with Gasteiger partial charge in [-0.2, -0.15) is 0 Å². The highest BCUT2D eigenvalue weighted by molar-refractivity contribution is 8.00. The van der Waals surface area contributed by atoms with Gasteiger partial charge in [-0.05, 0) is 42.8 Å². The molecule has 27 heavy (non-hydrogen) atoms. The van der Waals surface area contributed by atoms with E-state index >= 15 is 0 Å². The van der Waals surface area contributed by atoms with Crippen LogP contribution in [0, 0.1) is 0 Å². The largest absolute Gasteiger partial charge is 0.490 e. The minimum atomic E-state index is -0.233. The van der Waals surface area contributed by atoms with Crippen molar-refractivity contribution in [3.63, 3.8) is 0 Å². The second-order valence-electron chi connectivity index (χ2n) is 6.32. The van der Waals surface area contributed by atoms with E-state index in [0.717, 1.165) is 39.9 Å². The van der Waals surface area contributed by atoms with E-state index in [-0.39, 0.29) is 18.0 Å². The Hall–Kier alpha value is -2.54. The molecule has 0 fully saturated rings. The normalized spacial score (nSPS) is 15.7. The molecule has 142 valence electrons. The second kappa shape index (κ2) is 8.00. The Balaban J connectivity index is 1.33. The molecule has 2 aromatic rings. The first kappa shape index (κ1) is 17.9. The van der Waals surface area contributed by atoms with E-state index in [1.54, 1.807) is 0 Å². The Kier molecular flexibility index (Phi) is 5.29. The predicted molar refractivity (Wildman–Crippen MR) is 102 cm³/mol. The molecule has 2 aliphatic heterocycles. The summed E-state index contributed by atoms with van der Waals surface area (Å²) < 4.78 is 22.0. The smallest absolute Gasteiger partial charge is 0.233 e. The van der Waals surface area contributed by atoms with Crippen LogP contribution in [0.5, 0.6) is 23.0 Å². The summed E-state index contributed by atoms with van der Waals surface area (Å²) in [4.78, 5) is 13.4. The number of ether oxygens (including phenoxy) is 4. The van der Waals surface area contributed by atoms with Crippen LogP contribution < -0.4 is 24.3 Å². The van der Waals surface area contributed by atoms with E-state index in [1.807, 2.05) is 43.3 Å². The van der Waals surface area contributed by atoms with Crippen molar-refractivity contribution in [3.05, 3.63) is 42.0 Å². The average molecular weight is 387 g/mol. The van der Waals surface area contributed by atoms with Crippen LogP contribution in [0.2, 0.25) is 0 Å². The Morgan fingerprint density at radius 1 is 1.00 bits per heavy atom. The molecule has 4 rings (SSSR count). The third kappa shape index (κ3) is 4.24. The predicted octanol–water partition coefficient (Wildman–Crippen LogP) is 3.37. The van der Waals surface area contributed by atoms with Crippen LogP contribution in [0.15, 0.2) is 41.3 Å². The molecule has 0 saturated heterocycles. The van der Waals surface area contributed by atoms with Crippen LogP contribution in [0.3, 0.4) is 0 Å². The van der Waals surface area contributed by atoms with Crippen LogP contribution in [0.4, 0.5) is 0 Å². The van der Waals surface area contributed by atoms with Gasteiger partial charge < -0.3 is 24.3 Å². The number of thioether (sulfide) groups is 1. The molecule has 1 N–H and O–H groups in total. The molecule has 0 radical (unpaired) electrons. The molecule has 2 aromatic carbocycles. The number of hydrogen-bond donors (Lipinski definition) is 1. The fourth-order valence-electron chi connectivity index (χ4n) is 2.86. The van der Waals surface area contributed by atoms with Gasteiger partial charge in [0.15, 0.2) is 23.0 Å². The molecule has 0 aromatic heterocycles. The van der Waals surface area contributed by atoms with Gasteiger partial charge in [0.1, 0.15) is 0 Å². The van der Waals surface area contributed by atoms with Crippen molar-refractivity contribution >= 4 is 17.7 Å². The third-order valence-electron chi connectivity index (χ3n) is 4.30. The zero-order valence-electron chi connectivity index (χ0n) is 15.0. The number of fused-ring (bicyclic) bond motifs is 2. The number of benzene rings is 2. The maximum atomic E-state index is 12.5. The summed E-state index contributed by atoms with van der Waals surface area (Å²) in [6, 6.07) is 11.5. The zero-order valence-corrected chi connectivity index (χ0v) is 15.8. The van der Waals surface area contributed by atoms with Crippen LogP contribution in [0.25, 0.3) is 0 Å². The summed E-state index contributed by atoms with van der Waals surface area (Å²) in [6.07, 6.45) is 0.871. The first-order valence-corrected chi connectivity index (χ1v) is 9.79. The minimum absolute atomic E-state index is 0.0234. The highest BCUT2D eigenvalue weighted by atomic mass is 32.2. The van der Waals surface area contributed by atoms with Gasteiger partial charge in [0, 0.05) is 17.9 Å². The van der Waals surface area contributed by atoms with Crippen molar-refractivity contribution < 1.29 is 23.7 Å². The molecule has 6 nitrogen and oxygen atoms in total. The number of carbonyl (C=O) groups is 1. The van der Waals surface area contributed by atoms with Crippen molar-refractivity contribution in [2.75, 3.05) is 20.0 Å². The van der Waals surface area contributed by atoms with Gasteiger partial charge in [0.25, 0.3) is 0 Å². The molecule has 1 atom stereocenters. The quantitative estimate of drug-likeness (QED) is 0.794. The summed E-state index contributed by atoms with van der Waals surface area (Å²) in [5, 5.41) is 2.74. The number of amides is 1. The molecule has 0 aliphatic carbocycles. The van der Waals surface area contributed by atoms with Gasteiger partial charge in [-0.15, -0.1) is 11.8 Å². The van der Waals surface area contributed by atoms with E-state index in [9.17, 15) is 4.79 Å². The van der Waals surface area contributed by atoms with Gasteiger partial charge in [-0.1, -0.05) is 6.07 Å². The fraction of sp³-hybridized carbons (Fsp3) is 0.350. The van der Waals surface area contributed by atoms with Crippen molar-refractivity contribution in [2.24, 2.45) is 0 Å². The van der Waals surface area contributed by atoms with Gasteiger partial charge in [-0.25, -0.2) is 0 Å². The SMILES string of the molecule is C[C@H](Sc1ccc2c(c1)OCCCO2)C(=O)NCc1ccc2c(c1)OCO2. The number of rotatable bonds is 5. The fourth-order valence-corrected chi connectivity index (χ4v) is 3.78. The van der Waals surface area contributed by atoms with Crippen LogP contribution in [-0.2, 0) is 11.3 Å². The molecule has 2 aliphatic rings. The zero-order chi connectivity index (χ0) is 18.6. The summed E-state index contributed by atoms with van der Waals surface area (Å²) in [5.74, 6) is 2.94. The van der Waals surface area contributed by atoms with Crippen molar-refractivity contribution in [1.29, 1.82) is 0 Å². The van der Waals surface area contributed by atoms with Gasteiger partial charge >= 0.3 is 0 Å². The van der Waals surface area contributed by atoms with E-state index < -0.39 is 0 Å². The maximum Gasteiger partial charge on any atom is 0.233 e. The molecule has 1 amide bonds. The van der Waals surface area contributed by atoms with E-state index in [2.05, 4.69) is 5.32 Å². The lowest BCUT2D eigenvalue weighted by molar-refractivity contribution is -0.120. The molecular weight excluding hydrogens is 366 g/mol. The van der Waals surface area contributed by atoms with Crippen molar-refractivity contribution in [3.8, 4) is 23.0 Å². The number of nitrogens with one attached hydrogen (secondary N) is 1. The Labute approximate surface area is 162 Å². The lowest BCUT2D eigenvalue weighted by Crippen LogP contribution is -2.30. The van der Waals surface area contributed by atoms with Gasteiger partial charge in [0.2, 0.25) is 12.7 Å². The highest BCUT2D eigenvalue weighted by Gasteiger charge is 2.18. The second-order valence-corrected chi connectivity index (χ2v) is 7.74.